The van der Waals surface area contributed by atoms with Crippen molar-refractivity contribution in [2.75, 3.05) is 6.54 Å². The molecule has 1 aromatic heterocycles. The molecule has 1 unspecified atom stereocenters. The Morgan fingerprint density at radius 1 is 1.12 bits per heavy atom. The van der Waals surface area contributed by atoms with E-state index in [9.17, 15) is 23.9 Å². The van der Waals surface area contributed by atoms with Crippen LogP contribution in [0.3, 0.4) is 0 Å². The minimum Gasteiger partial charge on any atom is -0.505 e. The molecule has 2 atom stereocenters. The van der Waals surface area contributed by atoms with Crippen LogP contribution in [0.25, 0.3) is 10.9 Å². The van der Waals surface area contributed by atoms with Gasteiger partial charge in [-0.05, 0) is 43.7 Å². The van der Waals surface area contributed by atoms with Crippen molar-refractivity contribution in [3.8, 4) is 5.75 Å². The molecule has 0 aliphatic rings. The van der Waals surface area contributed by atoms with Crippen molar-refractivity contribution >= 4 is 51.9 Å². The Bertz CT molecular complexity index is 1290. The number of carboxylic acids is 1. The molecule has 0 radical (unpaired) electrons. The van der Waals surface area contributed by atoms with Crippen molar-refractivity contribution < 1.29 is 29.0 Å². The van der Waals surface area contributed by atoms with E-state index in [1.807, 2.05) is 0 Å². The number of carbonyl (C=O) groups excluding carboxylic acids is 2. The van der Waals surface area contributed by atoms with Crippen molar-refractivity contribution in [2.24, 2.45) is 5.92 Å². The van der Waals surface area contributed by atoms with E-state index in [4.69, 9.17) is 28.3 Å². The third-order valence-corrected chi connectivity index (χ3v) is 6.26. The number of halogens is 3. The Morgan fingerprint density at radius 2 is 1.79 bits per heavy atom. The molecule has 7 nitrogen and oxygen atoms in total. The topological polar surface area (TPSA) is 109 Å². The minimum atomic E-state index is -1.05. The molecule has 0 aliphatic carbocycles. The molecule has 10 heteroatoms. The molecule has 1 heterocycles. The molecule has 0 spiro atoms. The molecular weight excluding hydrogens is 474 g/mol. The zero-order valence-electron chi connectivity index (χ0n) is 17.9. The van der Waals surface area contributed by atoms with Gasteiger partial charge in [0.15, 0.2) is 11.6 Å². The van der Waals surface area contributed by atoms with Crippen molar-refractivity contribution in [1.29, 1.82) is 0 Å². The molecule has 0 saturated heterocycles. The van der Waals surface area contributed by atoms with E-state index in [1.165, 1.54) is 29.7 Å². The number of phenols is 1. The molecule has 3 aromatic rings. The number of hydrogen-bond acceptors (Lipinski definition) is 4. The summed E-state index contributed by atoms with van der Waals surface area (Å²) in [5.41, 5.74) is 1.11. The molecule has 3 rings (SSSR count). The molecule has 1 amide bonds. The van der Waals surface area contributed by atoms with Crippen LogP contribution >= 0.6 is 23.2 Å². The highest BCUT2D eigenvalue weighted by Crippen LogP contribution is 2.36. The summed E-state index contributed by atoms with van der Waals surface area (Å²) in [5, 5.41) is 22.3. The van der Waals surface area contributed by atoms with Crippen LogP contribution in [0.4, 0.5) is 4.39 Å². The van der Waals surface area contributed by atoms with Gasteiger partial charge in [-0.15, -0.1) is 0 Å². The highest BCUT2D eigenvalue weighted by molar-refractivity contribution is 6.42. The number of amides is 1. The van der Waals surface area contributed by atoms with Gasteiger partial charge < -0.3 is 15.5 Å². The summed E-state index contributed by atoms with van der Waals surface area (Å²) in [6.45, 7) is 4.56. The Morgan fingerprint density at radius 3 is 2.39 bits per heavy atom. The fourth-order valence-corrected chi connectivity index (χ4v) is 3.94. The highest BCUT2D eigenvalue weighted by atomic mass is 35.5. The number of nitrogens with zero attached hydrogens (tertiary/aromatic N) is 1. The summed E-state index contributed by atoms with van der Waals surface area (Å²) in [7, 11) is 0. The number of benzene rings is 2. The van der Waals surface area contributed by atoms with Crippen LogP contribution in [0, 0.1) is 18.7 Å². The summed E-state index contributed by atoms with van der Waals surface area (Å²) in [6.07, 6.45) is 0. The molecule has 3 N–H and O–H groups in total. The first-order valence-corrected chi connectivity index (χ1v) is 10.7. The fourth-order valence-electron chi connectivity index (χ4n) is 3.64. The van der Waals surface area contributed by atoms with E-state index in [-0.39, 0.29) is 27.7 Å². The number of fused-ring (bicyclic) bond motifs is 1. The Balaban J connectivity index is 2.13. The number of carboxylic acid groups (broad SMARTS) is 1. The van der Waals surface area contributed by atoms with E-state index in [1.54, 1.807) is 13.8 Å². The van der Waals surface area contributed by atoms with Crippen LogP contribution in [-0.2, 0) is 9.59 Å². The van der Waals surface area contributed by atoms with Crippen molar-refractivity contribution in [3.05, 3.63) is 63.0 Å². The number of rotatable bonds is 6. The number of aliphatic carboxylic acids is 1. The van der Waals surface area contributed by atoms with Crippen LogP contribution in [0.1, 0.15) is 41.4 Å². The van der Waals surface area contributed by atoms with Crippen LogP contribution in [-0.4, -0.2) is 39.1 Å². The molecular formula is C23H21Cl2FN2O5. The summed E-state index contributed by atoms with van der Waals surface area (Å²) in [4.78, 5) is 37.2. The first kappa shape index (κ1) is 24.5. The van der Waals surface area contributed by atoms with Gasteiger partial charge in [0, 0.05) is 29.3 Å². The first-order chi connectivity index (χ1) is 15.4. The second-order valence-corrected chi connectivity index (χ2v) is 8.61. The zero-order chi connectivity index (χ0) is 24.6. The van der Waals surface area contributed by atoms with Gasteiger partial charge in [0.2, 0.25) is 5.91 Å². The van der Waals surface area contributed by atoms with Crippen LogP contribution in [0.5, 0.6) is 5.75 Å². The first-order valence-electron chi connectivity index (χ1n) is 9.97. The SMILES string of the molecule is Cc1c([C@H](C)C(=O)NCC(C)C(=O)O)c2cc(O)c(F)cc2n1C(=O)c1ccc(Cl)c(Cl)c1. The smallest absolute Gasteiger partial charge is 0.308 e. The number of aromatic hydroxyl groups is 1. The Hall–Kier alpha value is -3.10. The minimum absolute atomic E-state index is 0.0850. The lowest BCUT2D eigenvalue weighted by Crippen LogP contribution is -2.34. The summed E-state index contributed by atoms with van der Waals surface area (Å²) >= 11 is 12.0. The lowest BCUT2D eigenvalue weighted by molar-refractivity contribution is -0.141. The molecule has 0 bridgehead atoms. The van der Waals surface area contributed by atoms with Gasteiger partial charge in [-0.3, -0.25) is 19.0 Å². The monoisotopic (exact) mass is 494 g/mol. The van der Waals surface area contributed by atoms with E-state index in [0.717, 1.165) is 12.1 Å². The maximum Gasteiger partial charge on any atom is 0.308 e. The second kappa shape index (κ2) is 9.41. The molecule has 0 saturated carbocycles. The third kappa shape index (κ3) is 4.67. The normalized spacial score (nSPS) is 13.0. The molecule has 0 fully saturated rings. The Labute approximate surface area is 198 Å². The molecule has 0 aliphatic heterocycles. The number of phenolic OH excluding ortho intramolecular Hbond substituents is 1. The van der Waals surface area contributed by atoms with Crippen molar-refractivity contribution in [2.45, 2.75) is 26.7 Å². The van der Waals surface area contributed by atoms with Crippen LogP contribution in [0.2, 0.25) is 10.0 Å². The maximum absolute atomic E-state index is 14.2. The predicted molar refractivity (Wildman–Crippen MR) is 123 cm³/mol. The van der Waals surface area contributed by atoms with Crippen molar-refractivity contribution in [1.82, 2.24) is 9.88 Å². The molecule has 2 aromatic carbocycles. The van der Waals surface area contributed by atoms with E-state index in [2.05, 4.69) is 5.32 Å². The number of nitrogens with one attached hydrogen (secondary N) is 1. The van der Waals surface area contributed by atoms with Crippen LogP contribution in [0.15, 0.2) is 30.3 Å². The maximum atomic E-state index is 14.2. The average Bonchev–Trinajstić information content (AvgIpc) is 3.03. The highest BCUT2D eigenvalue weighted by Gasteiger charge is 2.28. The summed E-state index contributed by atoms with van der Waals surface area (Å²) in [6, 6.07) is 6.51. The number of hydrogen-bond donors (Lipinski definition) is 3. The summed E-state index contributed by atoms with van der Waals surface area (Å²) < 4.78 is 15.5. The second-order valence-electron chi connectivity index (χ2n) is 7.80. The largest absolute Gasteiger partial charge is 0.505 e. The van der Waals surface area contributed by atoms with Crippen LogP contribution < -0.4 is 5.32 Å². The number of aromatic nitrogens is 1. The Kier molecular flexibility index (Phi) is 7.00. The zero-order valence-corrected chi connectivity index (χ0v) is 19.5. The van der Waals surface area contributed by atoms with Crippen molar-refractivity contribution in [3.63, 3.8) is 0 Å². The lowest BCUT2D eigenvalue weighted by atomic mass is 9.96. The van der Waals surface area contributed by atoms with E-state index in [0.29, 0.717) is 16.6 Å². The third-order valence-electron chi connectivity index (χ3n) is 5.52. The predicted octanol–water partition coefficient (Wildman–Crippen LogP) is 4.73. The molecule has 174 valence electrons. The summed E-state index contributed by atoms with van der Waals surface area (Å²) in [5.74, 6) is -5.24. The van der Waals surface area contributed by atoms with Gasteiger partial charge in [0.05, 0.1) is 27.4 Å². The van der Waals surface area contributed by atoms with Gasteiger partial charge >= 0.3 is 5.97 Å². The van der Waals surface area contributed by atoms with E-state index < -0.39 is 41.2 Å². The van der Waals surface area contributed by atoms with Gasteiger partial charge in [-0.2, -0.15) is 0 Å². The van der Waals surface area contributed by atoms with Gasteiger partial charge in [0.1, 0.15) is 0 Å². The van der Waals surface area contributed by atoms with Gasteiger partial charge in [-0.1, -0.05) is 30.1 Å². The van der Waals surface area contributed by atoms with Gasteiger partial charge in [-0.25, -0.2) is 4.39 Å². The van der Waals surface area contributed by atoms with Gasteiger partial charge in [0.25, 0.3) is 5.91 Å². The quantitative estimate of drug-likeness (QED) is 0.458. The lowest BCUT2D eigenvalue weighted by Gasteiger charge is -2.15. The average molecular weight is 495 g/mol. The van der Waals surface area contributed by atoms with E-state index >= 15 is 0 Å². The fraction of sp³-hybridized carbons (Fsp3) is 0.261. The number of carbonyl (C=O) groups is 3. The molecule has 33 heavy (non-hydrogen) atoms. The standard InChI is InChI=1S/C23H21Cl2FN2O5/c1-10(23(32)33)9-27-21(30)11(2)20-12(3)28(18-8-17(26)19(29)7-14(18)20)22(31)13-4-5-15(24)16(25)6-13/h4-8,10-11,29H,9H2,1-3H3,(H,27,30)(H,32,33)/t10?,11-/m0/s1.